The highest BCUT2D eigenvalue weighted by Crippen LogP contribution is 2.43. The maximum absolute atomic E-state index is 12.1. The molecule has 0 spiro atoms. The molecule has 3 rings (SSSR count). The van der Waals surface area contributed by atoms with Gasteiger partial charge >= 0.3 is 0 Å². The predicted octanol–water partition coefficient (Wildman–Crippen LogP) is 3.76. The van der Waals surface area contributed by atoms with E-state index in [0.717, 1.165) is 16.4 Å². The number of anilines is 2. The van der Waals surface area contributed by atoms with Crippen molar-refractivity contribution < 1.29 is 9.53 Å². The highest BCUT2D eigenvalue weighted by molar-refractivity contribution is 8.00. The van der Waals surface area contributed by atoms with Crippen molar-refractivity contribution in [3.8, 4) is 0 Å². The van der Waals surface area contributed by atoms with Gasteiger partial charge in [0.1, 0.15) is 0 Å². The number of thiophene rings is 1. The van der Waals surface area contributed by atoms with Gasteiger partial charge in [0.2, 0.25) is 0 Å². The van der Waals surface area contributed by atoms with Crippen LogP contribution in [-0.2, 0) is 4.74 Å². The molecular formula is C17H20N2O2S2. The first kappa shape index (κ1) is 16.4. The van der Waals surface area contributed by atoms with Crippen LogP contribution in [0.1, 0.15) is 16.6 Å². The summed E-state index contributed by atoms with van der Waals surface area (Å²) in [6, 6.07) is 12.4. The molecule has 1 aliphatic heterocycles. The summed E-state index contributed by atoms with van der Waals surface area (Å²) in [5, 5.41) is 4.50. The van der Waals surface area contributed by atoms with E-state index in [-0.39, 0.29) is 5.91 Å². The predicted molar refractivity (Wildman–Crippen MR) is 97.3 cm³/mol. The fraction of sp³-hybridized carbons (Fsp3) is 0.353. The van der Waals surface area contributed by atoms with Gasteiger partial charge in [-0.15, -0.1) is 23.1 Å². The molecule has 23 heavy (non-hydrogen) atoms. The number of ether oxygens (including phenoxy) is 1. The number of benzene rings is 1. The zero-order valence-corrected chi connectivity index (χ0v) is 14.9. The lowest BCUT2D eigenvalue weighted by Gasteiger charge is -2.33. The minimum atomic E-state index is -0.0361. The summed E-state index contributed by atoms with van der Waals surface area (Å²) in [5.74, 6) is -0.0361. The number of nitrogens with one attached hydrogen (secondary N) is 1. The van der Waals surface area contributed by atoms with Gasteiger partial charge in [-0.2, -0.15) is 0 Å². The molecular weight excluding hydrogens is 328 g/mol. The van der Waals surface area contributed by atoms with Crippen LogP contribution < -0.4 is 10.2 Å². The van der Waals surface area contributed by atoms with Crippen LogP contribution in [0.5, 0.6) is 0 Å². The Kier molecular flexibility index (Phi) is 5.25. The van der Waals surface area contributed by atoms with Crippen molar-refractivity contribution in [1.29, 1.82) is 0 Å². The standard InChI is InChI=1S/C17H20N2O2S2/c1-12-11-19(13-5-3-4-6-14(13)22-12)16-8-7-15(23-16)17(20)18-9-10-21-2/h3-8,12H,9-11H2,1-2H3,(H,18,20). The Morgan fingerprint density at radius 2 is 2.17 bits per heavy atom. The first-order valence-corrected chi connectivity index (χ1v) is 9.29. The zero-order chi connectivity index (χ0) is 16.2. The highest BCUT2D eigenvalue weighted by Gasteiger charge is 2.24. The van der Waals surface area contributed by atoms with Crippen LogP contribution in [0, 0.1) is 0 Å². The highest BCUT2D eigenvalue weighted by atomic mass is 32.2. The summed E-state index contributed by atoms with van der Waals surface area (Å²) in [5.41, 5.74) is 1.23. The molecule has 1 unspecified atom stereocenters. The number of rotatable bonds is 5. The molecule has 6 heteroatoms. The summed E-state index contributed by atoms with van der Waals surface area (Å²) in [6.07, 6.45) is 0. The van der Waals surface area contributed by atoms with E-state index in [1.54, 1.807) is 7.11 Å². The number of carbonyl (C=O) groups is 1. The Morgan fingerprint density at radius 1 is 1.35 bits per heavy atom. The van der Waals surface area contributed by atoms with E-state index in [0.29, 0.717) is 18.4 Å². The van der Waals surface area contributed by atoms with Crippen molar-refractivity contribution in [3.05, 3.63) is 41.3 Å². The molecule has 0 aliphatic carbocycles. The first-order valence-electron chi connectivity index (χ1n) is 7.59. The van der Waals surface area contributed by atoms with E-state index >= 15 is 0 Å². The molecule has 1 atom stereocenters. The van der Waals surface area contributed by atoms with E-state index in [4.69, 9.17) is 4.74 Å². The second-order valence-corrected chi connectivity index (χ2v) is 7.94. The normalized spacial score (nSPS) is 17.0. The third-order valence-corrected chi connectivity index (χ3v) is 5.85. The van der Waals surface area contributed by atoms with Gasteiger partial charge in [0.05, 0.1) is 22.2 Å². The van der Waals surface area contributed by atoms with Gasteiger partial charge < -0.3 is 15.0 Å². The van der Waals surface area contributed by atoms with Crippen LogP contribution in [0.25, 0.3) is 0 Å². The zero-order valence-electron chi connectivity index (χ0n) is 13.2. The van der Waals surface area contributed by atoms with Crippen LogP contribution in [0.4, 0.5) is 10.7 Å². The Morgan fingerprint density at radius 3 is 3.00 bits per heavy atom. The van der Waals surface area contributed by atoms with Gasteiger partial charge in [0.15, 0.2) is 0 Å². The van der Waals surface area contributed by atoms with E-state index in [9.17, 15) is 4.79 Å². The number of methoxy groups -OCH3 is 1. The van der Waals surface area contributed by atoms with Crippen LogP contribution in [0.15, 0.2) is 41.3 Å². The van der Waals surface area contributed by atoms with E-state index in [1.807, 2.05) is 23.9 Å². The second kappa shape index (κ2) is 7.38. The Balaban J connectivity index is 1.79. The van der Waals surface area contributed by atoms with Gasteiger partial charge in [-0.05, 0) is 24.3 Å². The molecule has 1 amide bonds. The third-order valence-electron chi connectivity index (χ3n) is 3.60. The number of para-hydroxylation sites is 1. The van der Waals surface area contributed by atoms with Gasteiger partial charge in [-0.1, -0.05) is 19.1 Å². The van der Waals surface area contributed by atoms with Crippen molar-refractivity contribution in [2.45, 2.75) is 17.1 Å². The first-order chi connectivity index (χ1) is 11.2. The molecule has 0 saturated carbocycles. The Labute approximate surface area is 144 Å². The molecule has 1 N–H and O–H groups in total. The van der Waals surface area contributed by atoms with Crippen molar-refractivity contribution >= 4 is 39.7 Å². The molecule has 2 aromatic rings. The Hall–Kier alpha value is -1.50. The van der Waals surface area contributed by atoms with Gasteiger partial charge in [-0.25, -0.2) is 0 Å². The summed E-state index contributed by atoms with van der Waals surface area (Å²) >= 11 is 3.44. The van der Waals surface area contributed by atoms with Crippen molar-refractivity contribution in [2.75, 3.05) is 31.7 Å². The average molecular weight is 348 g/mol. The van der Waals surface area contributed by atoms with Crippen molar-refractivity contribution in [3.63, 3.8) is 0 Å². The fourth-order valence-electron chi connectivity index (χ4n) is 2.55. The maximum atomic E-state index is 12.1. The molecule has 1 aliphatic rings. The smallest absolute Gasteiger partial charge is 0.261 e. The SMILES string of the molecule is COCCNC(=O)c1ccc(N2CC(C)Sc3ccccc32)s1. The third kappa shape index (κ3) is 3.71. The molecule has 2 heterocycles. The van der Waals surface area contributed by atoms with Gasteiger partial charge in [-0.3, -0.25) is 4.79 Å². The molecule has 4 nitrogen and oxygen atoms in total. The average Bonchev–Trinajstić information content (AvgIpc) is 3.04. The number of fused-ring (bicyclic) bond motifs is 1. The lowest BCUT2D eigenvalue weighted by atomic mass is 10.2. The molecule has 122 valence electrons. The van der Waals surface area contributed by atoms with Crippen molar-refractivity contribution in [2.24, 2.45) is 0 Å². The van der Waals surface area contributed by atoms with Crippen molar-refractivity contribution in [1.82, 2.24) is 5.32 Å². The summed E-state index contributed by atoms with van der Waals surface area (Å²) in [7, 11) is 1.63. The quantitative estimate of drug-likeness (QED) is 0.836. The molecule has 0 radical (unpaired) electrons. The van der Waals surface area contributed by atoms with E-state index in [1.165, 1.54) is 21.9 Å². The lowest BCUT2D eigenvalue weighted by Crippen LogP contribution is -2.28. The molecule has 0 bridgehead atoms. The Bertz CT molecular complexity index is 687. The summed E-state index contributed by atoms with van der Waals surface area (Å²) in [4.78, 5) is 16.5. The van der Waals surface area contributed by atoms with Crippen LogP contribution in [0.3, 0.4) is 0 Å². The largest absolute Gasteiger partial charge is 0.383 e. The number of carbonyl (C=O) groups excluding carboxylic acids is 1. The second-order valence-electron chi connectivity index (χ2n) is 5.39. The summed E-state index contributed by atoms with van der Waals surface area (Å²) < 4.78 is 4.96. The fourth-order valence-corrected chi connectivity index (χ4v) is 4.61. The molecule has 0 fully saturated rings. The number of hydrogen-bond acceptors (Lipinski definition) is 5. The van der Waals surface area contributed by atoms with Crippen LogP contribution in [0.2, 0.25) is 0 Å². The van der Waals surface area contributed by atoms with Crippen LogP contribution in [-0.4, -0.2) is 38.0 Å². The molecule has 1 aromatic carbocycles. The number of hydrogen-bond donors (Lipinski definition) is 1. The minimum Gasteiger partial charge on any atom is -0.383 e. The maximum Gasteiger partial charge on any atom is 0.261 e. The van der Waals surface area contributed by atoms with Gasteiger partial charge in [0, 0.05) is 30.3 Å². The molecule has 0 saturated heterocycles. The number of amides is 1. The van der Waals surface area contributed by atoms with E-state index < -0.39 is 0 Å². The summed E-state index contributed by atoms with van der Waals surface area (Å²) in [6.45, 7) is 4.24. The number of nitrogens with zero attached hydrogens (tertiary/aromatic N) is 1. The van der Waals surface area contributed by atoms with Crippen LogP contribution >= 0.6 is 23.1 Å². The van der Waals surface area contributed by atoms with Gasteiger partial charge in [0.25, 0.3) is 5.91 Å². The van der Waals surface area contributed by atoms with E-state index in [2.05, 4.69) is 41.4 Å². The monoisotopic (exact) mass is 348 g/mol. The topological polar surface area (TPSA) is 41.6 Å². The number of thioether (sulfide) groups is 1. The minimum absolute atomic E-state index is 0.0361. The molecule has 1 aromatic heterocycles. The lowest BCUT2D eigenvalue weighted by molar-refractivity contribution is 0.0941.